The van der Waals surface area contributed by atoms with Crippen molar-refractivity contribution in [3.63, 3.8) is 0 Å². The van der Waals surface area contributed by atoms with Crippen LogP contribution in [-0.4, -0.2) is 31.0 Å². The maximum atomic E-state index is 11.1. The zero-order chi connectivity index (χ0) is 10.8. The average molecular weight is 239 g/mol. The Bertz CT molecular complexity index is 438. The van der Waals surface area contributed by atoms with E-state index in [2.05, 4.69) is 14.7 Å². The van der Waals surface area contributed by atoms with Crippen molar-refractivity contribution in [2.75, 3.05) is 6.61 Å². The van der Waals surface area contributed by atoms with Crippen molar-refractivity contribution in [1.29, 1.82) is 0 Å². The zero-order valence-electron chi connectivity index (χ0n) is 7.15. The molecule has 14 heavy (non-hydrogen) atoms. The van der Waals surface area contributed by atoms with E-state index in [4.69, 9.17) is 10.7 Å². The van der Waals surface area contributed by atoms with E-state index in [0.717, 1.165) is 6.20 Å². The third-order valence-electron chi connectivity index (χ3n) is 1.28. The van der Waals surface area contributed by atoms with Crippen LogP contribution in [0.2, 0.25) is 0 Å². The second-order valence-corrected chi connectivity index (χ2v) is 4.74. The predicted molar refractivity (Wildman–Crippen MR) is 47.6 cm³/mol. The Balaban J connectivity index is 2.94. The number of hydrogen-bond acceptors (Lipinski definition) is 5. The molecule has 0 aliphatic heterocycles. The minimum absolute atomic E-state index is 0.0499. The van der Waals surface area contributed by atoms with Gasteiger partial charge >= 0.3 is 5.97 Å². The summed E-state index contributed by atoms with van der Waals surface area (Å²) < 4.78 is 26.1. The fourth-order valence-electron chi connectivity index (χ4n) is 0.739. The number of hydrogen-bond donors (Lipinski definition) is 1. The van der Waals surface area contributed by atoms with E-state index >= 15 is 0 Å². The number of H-pyrrole nitrogens is 1. The van der Waals surface area contributed by atoms with E-state index in [-0.39, 0.29) is 12.3 Å². The second-order valence-electron chi connectivity index (χ2n) is 2.26. The number of nitrogens with one attached hydrogen (secondary N) is 1. The quantitative estimate of drug-likeness (QED) is 0.612. The first-order chi connectivity index (χ1) is 6.45. The number of esters is 1. The van der Waals surface area contributed by atoms with Crippen LogP contribution in [0.3, 0.4) is 0 Å². The highest BCUT2D eigenvalue weighted by Gasteiger charge is 2.17. The number of nitrogens with zero attached hydrogens (tertiary/aromatic N) is 1. The third kappa shape index (κ3) is 2.46. The van der Waals surface area contributed by atoms with Gasteiger partial charge in [-0.15, -0.1) is 0 Å². The predicted octanol–water partition coefficient (Wildman–Crippen LogP) is 0.514. The monoisotopic (exact) mass is 238 g/mol. The van der Waals surface area contributed by atoms with E-state index in [1.54, 1.807) is 6.92 Å². The molecule has 0 fully saturated rings. The first kappa shape index (κ1) is 11.0. The van der Waals surface area contributed by atoms with Crippen LogP contribution in [-0.2, 0) is 13.8 Å². The SMILES string of the molecule is CCOC(=O)c1cnc(S(=O)(=O)Cl)[nH]1. The summed E-state index contributed by atoms with van der Waals surface area (Å²) in [6.45, 7) is 1.83. The molecule has 0 unspecified atom stereocenters. The lowest BCUT2D eigenvalue weighted by Gasteiger charge is -1.96. The number of rotatable bonds is 3. The molecule has 0 aromatic carbocycles. The largest absolute Gasteiger partial charge is 0.461 e. The molecule has 6 nitrogen and oxygen atoms in total. The molecule has 1 N–H and O–H groups in total. The molecule has 1 aromatic rings. The van der Waals surface area contributed by atoms with Crippen LogP contribution in [0.25, 0.3) is 0 Å². The van der Waals surface area contributed by atoms with Gasteiger partial charge in [-0.2, -0.15) is 0 Å². The average Bonchev–Trinajstić information content (AvgIpc) is 2.51. The highest BCUT2D eigenvalue weighted by Crippen LogP contribution is 2.10. The summed E-state index contributed by atoms with van der Waals surface area (Å²) in [6, 6.07) is 0. The van der Waals surface area contributed by atoms with Crippen LogP contribution in [0.4, 0.5) is 0 Å². The summed E-state index contributed by atoms with van der Waals surface area (Å²) >= 11 is 0. The summed E-state index contributed by atoms with van der Waals surface area (Å²) in [5.41, 5.74) is -0.0499. The summed E-state index contributed by atoms with van der Waals surface area (Å²) in [6.07, 6.45) is 1.05. The molecule has 0 atom stereocenters. The maximum absolute atomic E-state index is 11.1. The highest BCUT2D eigenvalue weighted by molar-refractivity contribution is 8.13. The van der Waals surface area contributed by atoms with Gasteiger partial charge in [-0.05, 0) is 6.92 Å². The number of ether oxygens (including phenoxy) is 1. The van der Waals surface area contributed by atoms with Crippen LogP contribution in [0.5, 0.6) is 0 Å². The standard InChI is InChI=1S/C6H7ClN2O4S/c1-2-13-5(10)4-3-8-6(9-4)14(7,11)12/h3H,2H2,1H3,(H,8,9). The Morgan fingerprint density at radius 2 is 2.36 bits per heavy atom. The van der Waals surface area contributed by atoms with Gasteiger partial charge in [0, 0.05) is 10.7 Å². The Kier molecular flexibility index (Phi) is 3.12. The van der Waals surface area contributed by atoms with Crippen LogP contribution < -0.4 is 0 Å². The van der Waals surface area contributed by atoms with Gasteiger partial charge in [0.2, 0.25) is 5.16 Å². The second kappa shape index (κ2) is 3.97. The highest BCUT2D eigenvalue weighted by atomic mass is 35.7. The van der Waals surface area contributed by atoms with Crippen molar-refractivity contribution < 1.29 is 17.9 Å². The lowest BCUT2D eigenvalue weighted by Crippen LogP contribution is -2.05. The van der Waals surface area contributed by atoms with Crippen molar-refractivity contribution in [2.24, 2.45) is 0 Å². The number of carbonyl (C=O) groups is 1. The van der Waals surface area contributed by atoms with Gasteiger partial charge in [0.25, 0.3) is 9.05 Å². The summed E-state index contributed by atoms with van der Waals surface area (Å²) in [5, 5.41) is -0.470. The van der Waals surface area contributed by atoms with Crippen LogP contribution in [0, 0.1) is 0 Å². The van der Waals surface area contributed by atoms with Crippen molar-refractivity contribution in [2.45, 2.75) is 12.1 Å². The first-order valence-electron chi connectivity index (χ1n) is 3.62. The molecular formula is C6H7ClN2O4S. The van der Waals surface area contributed by atoms with Crippen LogP contribution in [0.1, 0.15) is 17.4 Å². The summed E-state index contributed by atoms with van der Waals surface area (Å²) in [4.78, 5) is 16.7. The van der Waals surface area contributed by atoms with Gasteiger partial charge in [-0.25, -0.2) is 18.2 Å². The van der Waals surface area contributed by atoms with Crippen LogP contribution in [0.15, 0.2) is 11.4 Å². The molecule has 0 aliphatic carbocycles. The lowest BCUT2D eigenvalue weighted by molar-refractivity contribution is 0.0519. The molecule has 78 valence electrons. The molecular weight excluding hydrogens is 232 g/mol. The molecule has 0 aliphatic rings. The summed E-state index contributed by atoms with van der Waals surface area (Å²) in [5.74, 6) is -0.674. The maximum Gasteiger partial charge on any atom is 0.356 e. The minimum atomic E-state index is -3.93. The molecule has 0 spiro atoms. The van der Waals surface area contributed by atoms with Crippen molar-refractivity contribution in [1.82, 2.24) is 9.97 Å². The molecule has 0 saturated heterocycles. The number of halogens is 1. The number of imidazole rings is 1. The molecule has 0 saturated carbocycles. The van der Waals surface area contributed by atoms with Crippen molar-refractivity contribution in [3.8, 4) is 0 Å². The van der Waals surface area contributed by atoms with Crippen LogP contribution >= 0.6 is 10.7 Å². The Labute approximate surface area is 84.7 Å². The van der Waals surface area contributed by atoms with E-state index < -0.39 is 20.2 Å². The fourth-order valence-corrected chi connectivity index (χ4v) is 1.39. The number of aromatic amines is 1. The molecule has 8 heteroatoms. The number of carbonyl (C=O) groups excluding carboxylic acids is 1. The molecule has 0 bridgehead atoms. The van der Waals surface area contributed by atoms with E-state index in [0.29, 0.717) is 0 Å². The van der Waals surface area contributed by atoms with Gasteiger partial charge < -0.3 is 9.72 Å². The molecule has 1 rings (SSSR count). The van der Waals surface area contributed by atoms with Gasteiger partial charge in [0.15, 0.2) is 0 Å². The van der Waals surface area contributed by atoms with Crippen molar-refractivity contribution in [3.05, 3.63) is 11.9 Å². The van der Waals surface area contributed by atoms with E-state index in [1.165, 1.54) is 0 Å². The zero-order valence-corrected chi connectivity index (χ0v) is 8.72. The minimum Gasteiger partial charge on any atom is -0.461 e. The fraction of sp³-hybridized carbons (Fsp3) is 0.333. The van der Waals surface area contributed by atoms with Gasteiger partial charge in [0.05, 0.1) is 12.8 Å². The topological polar surface area (TPSA) is 89.1 Å². The van der Waals surface area contributed by atoms with Gasteiger partial charge in [-0.1, -0.05) is 0 Å². The van der Waals surface area contributed by atoms with Gasteiger partial charge in [0.1, 0.15) is 5.69 Å². The molecule has 1 heterocycles. The van der Waals surface area contributed by atoms with E-state index in [1.807, 2.05) is 0 Å². The Morgan fingerprint density at radius 3 is 2.79 bits per heavy atom. The van der Waals surface area contributed by atoms with E-state index in [9.17, 15) is 13.2 Å². The van der Waals surface area contributed by atoms with Gasteiger partial charge in [-0.3, -0.25) is 0 Å². The Hall–Kier alpha value is -1.08. The molecule has 0 radical (unpaired) electrons. The smallest absolute Gasteiger partial charge is 0.356 e. The summed E-state index contributed by atoms with van der Waals surface area (Å²) in [7, 11) is 1.05. The normalized spacial score (nSPS) is 11.3. The first-order valence-corrected chi connectivity index (χ1v) is 5.93. The van der Waals surface area contributed by atoms with Crippen molar-refractivity contribution >= 4 is 25.7 Å². The lowest BCUT2D eigenvalue weighted by atomic mass is 10.5. The number of aromatic nitrogens is 2. The molecule has 1 aromatic heterocycles. The molecule has 0 amide bonds. The Morgan fingerprint density at radius 1 is 1.71 bits per heavy atom. The third-order valence-corrected chi connectivity index (χ3v) is 2.39.